The minimum Gasteiger partial charge on any atom is -0.508 e. The Morgan fingerprint density at radius 3 is 2.39 bits per heavy atom. The fourth-order valence-electron chi connectivity index (χ4n) is 3.41. The van der Waals surface area contributed by atoms with Crippen molar-refractivity contribution in [1.82, 2.24) is 10.2 Å². The summed E-state index contributed by atoms with van der Waals surface area (Å²) >= 11 is 0. The Morgan fingerprint density at radius 1 is 0.964 bits per heavy atom. The summed E-state index contributed by atoms with van der Waals surface area (Å²) in [5.74, 6) is -0.236. The van der Waals surface area contributed by atoms with E-state index >= 15 is 0 Å². The minimum atomic E-state index is -0.238. The van der Waals surface area contributed by atoms with Crippen LogP contribution in [0.15, 0.2) is 54.6 Å². The molecule has 1 aliphatic heterocycles. The number of carbonyl (C=O) groups excluding carboxylic acids is 2. The van der Waals surface area contributed by atoms with Crippen molar-refractivity contribution in [1.29, 1.82) is 0 Å². The fourth-order valence-corrected chi connectivity index (χ4v) is 3.41. The van der Waals surface area contributed by atoms with Crippen LogP contribution < -0.4 is 10.6 Å². The molecule has 2 aromatic carbocycles. The third-order valence-corrected chi connectivity index (χ3v) is 4.91. The number of aromatic hydroxyl groups is 1. The highest BCUT2D eigenvalue weighted by Gasteiger charge is 2.21. The van der Waals surface area contributed by atoms with Gasteiger partial charge in [-0.25, -0.2) is 0 Å². The van der Waals surface area contributed by atoms with Crippen molar-refractivity contribution in [3.05, 3.63) is 60.2 Å². The lowest BCUT2D eigenvalue weighted by atomic mass is 10.0. The second-order valence-corrected chi connectivity index (χ2v) is 7.20. The monoisotopic (exact) mass is 381 g/mol. The number of hydrogen-bond acceptors (Lipinski definition) is 4. The number of rotatable bonds is 7. The van der Waals surface area contributed by atoms with Crippen LogP contribution in [0, 0.1) is 0 Å². The van der Waals surface area contributed by atoms with Crippen LogP contribution in [0.25, 0.3) is 0 Å². The normalized spacial score (nSPS) is 15.1. The van der Waals surface area contributed by atoms with Gasteiger partial charge in [0.15, 0.2) is 0 Å². The van der Waals surface area contributed by atoms with Gasteiger partial charge in [-0.15, -0.1) is 0 Å². The zero-order valence-corrected chi connectivity index (χ0v) is 15.9. The molecule has 0 saturated carbocycles. The zero-order chi connectivity index (χ0) is 19.8. The molecule has 6 nitrogen and oxygen atoms in total. The van der Waals surface area contributed by atoms with Gasteiger partial charge in [-0.1, -0.05) is 36.4 Å². The molecule has 148 valence electrons. The van der Waals surface area contributed by atoms with Crippen LogP contribution in [0.4, 0.5) is 5.69 Å². The van der Waals surface area contributed by atoms with Gasteiger partial charge in [0.2, 0.25) is 11.8 Å². The first-order valence-electron chi connectivity index (χ1n) is 9.73. The maximum absolute atomic E-state index is 12.2. The molecule has 1 saturated heterocycles. The molecular weight excluding hydrogens is 354 g/mol. The quantitative estimate of drug-likeness (QED) is 0.689. The van der Waals surface area contributed by atoms with Crippen LogP contribution >= 0.6 is 0 Å². The first-order valence-corrected chi connectivity index (χ1v) is 9.73. The predicted octanol–water partition coefficient (Wildman–Crippen LogP) is 2.89. The smallest absolute Gasteiger partial charge is 0.224 e. The molecule has 3 rings (SSSR count). The standard InChI is InChI=1S/C22H27N3O3/c26-20-8-4-7-19(15-20)24-22(28)10-9-21(27)23-18-11-13-25(14-12-18)16-17-5-2-1-3-6-17/h1-8,15,18,26H,9-14,16H2,(H,23,27)(H,24,28). The van der Waals surface area contributed by atoms with E-state index in [0.29, 0.717) is 5.69 Å². The molecule has 1 aliphatic rings. The lowest BCUT2D eigenvalue weighted by Crippen LogP contribution is -2.44. The van der Waals surface area contributed by atoms with Gasteiger partial charge in [0, 0.05) is 50.3 Å². The van der Waals surface area contributed by atoms with Crippen LogP contribution in [-0.2, 0) is 16.1 Å². The number of phenols is 1. The molecule has 6 heteroatoms. The molecule has 0 spiro atoms. The van der Waals surface area contributed by atoms with Crippen LogP contribution in [-0.4, -0.2) is 41.0 Å². The summed E-state index contributed by atoms with van der Waals surface area (Å²) in [6, 6.07) is 16.9. The maximum atomic E-state index is 12.2. The van der Waals surface area contributed by atoms with Gasteiger partial charge >= 0.3 is 0 Å². The topological polar surface area (TPSA) is 81.7 Å². The third-order valence-electron chi connectivity index (χ3n) is 4.91. The molecule has 2 aromatic rings. The number of hydrogen-bond donors (Lipinski definition) is 3. The predicted molar refractivity (Wildman–Crippen MR) is 109 cm³/mol. The Bertz CT molecular complexity index is 787. The summed E-state index contributed by atoms with van der Waals surface area (Å²) in [6.07, 6.45) is 2.13. The second-order valence-electron chi connectivity index (χ2n) is 7.20. The van der Waals surface area contributed by atoms with E-state index in [1.165, 1.54) is 17.7 Å². The van der Waals surface area contributed by atoms with Crippen LogP contribution in [0.5, 0.6) is 5.75 Å². The SMILES string of the molecule is O=C(CCC(=O)NC1CCN(Cc2ccccc2)CC1)Nc1cccc(O)c1. The van der Waals surface area contributed by atoms with E-state index in [2.05, 4.69) is 39.8 Å². The highest BCUT2D eigenvalue weighted by Crippen LogP contribution is 2.16. The highest BCUT2D eigenvalue weighted by atomic mass is 16.3. The Balaban J connectivity index is 1.33. The Hall–Kier alpha value is -2.86. The van der Waals surface area contributed by atoms with Gasteiger partial charge in [0.05, 0.1) is 0 Å². The van der Waals surface area contributed by atoms with E-state index < -0.39 is 0 Å². The van der Waals surface area contributed by atoms with E-state index in [1.807, 2.05) is 6.07 Å². The molecule has 0 radical (unpaired) electrons. The molecule has 0 atom stereocenters. The molecule has 28 heavy (non-hydrogen) atoms. The second kappa shape index (κ2) is 9.90. The molecule has 0 bridgehead atoms. The minimum absolute atomic E-state index is 0.0902. The molecule has 0 aliphatic carbocycles. The van der Waals surface area contributed by atoms with Crippen molar-refractivity contribution in [3.63, 3.8) is 0 Å². The number of anilines is 1. The van der Waals surface area contributed by atoms with Gasteiger partial charge in [-0.2, -0.15) is 0 Å². The van der Waals surface area contributed by atoms with Gasteiger partial charge < -0.3 is 15.7 Å². The maximum Gasteiger partial charge on any atom is 0.224 e. The largest absolute Gasteiger partial charge is 0.508 e. The number of piperidine rings is 1. The van der Waals surface area contributed by atoms with Gasteiger partial charge in [-0.05, 0) is 30.5 Å². The van der Waals surface area contributed by atoms with Crippen LogP contribution in [0.2, 0.25) is 0 Å². The van der Waals surface area contributed by atoms with Crippen molar-refractivity contribution in [2.45, 2.75) is 38.3 Å². The third kappa shape index (κ3) is 6.39. The summed E-state index contributed by atoms with van der Waals surface area (Å²) in [6.45, 7) is 2.85. The average Bonchev–Trinajstić information content (AvgIpc) is 2.69. The molecule has 3 N–H and O–H groups in total. The van der Waals surface area contributed by atoms with Crippen molar-refractivity contribution in [2.75, 3.05) is 18.4 Å². The highest BCUT2D eigenvalue weighted by molar-refractivity contribution is 5.93. The number of amides is 2. The van der Waals surface area contributed by atoms with E-state index in [0.717, 1.165) is 32.5 Å². The Morgan fingerprint density at radius 2 is 1.68 bits per heavy atom. The van der Waals surface area contributed by atoms with E-state index in [4.69, 9.17) is 0 Å². The number of likely N-dealkylation sites (tertiary alicyclic amines) is 1. The van der Waals surface area contributed by atoms with Gasteiger partial charge in [-0.3, -0.25) is 14.5 Å². The van der Waals surface area contributed by atoms with Crippen molar-refractivity contribution in [3.8, 4) is 5.75 Å². The lowest BCUT2D eigenvalue weighted by molar-refractivity contribution is -0.125. The fraction of sp³-hybridized carbons (Fsp3) is 0.364. The summed E-state index contributed by atoms with van der Waals surface area (Å²) in [5, 5.41) is 15.1. The molecule has 2 amide bonds. The van der Waals surface area contributed by atoms with E-state index in [9.17, 15) is 14.7 Å². The molecule has 1 heterocycles. The first-order chi connectivity index (χ1) is 13.6. The van der Waals surface area contributed by atoms with E-state index in [1.54, 1.807) is 12.1 Å². The zero-order valence-electron chi connectivity index (χ0n) is 15.9. The molecular formula is C22H27N3O3. The van der Waals surface area contributed by atoms with Crippen molar-refractivity contribution >= 4 is 17.5 Å². The summed E-state index contributed by atoms with van der Waals surface area (Å²) in [5.41, 5.74) is 1.83. The van der Waals surface area contributed by atoms with Gasteiger partial charge in [0.1, 0.15) is 5.75 Å². The number of nitrogens with zero attached hydrogens (tertiary/aromatic N) is 1. The summed E-state index contributed by atoms with van der Waals surface area (Å²) in [7, 11) is 0. The molecule has 0 aromatic heterocycles. The number of nitrogens with one attached hydrogen (secondary N) is 2. The Kier molecular flexibility index (Phi) is 7.03. The van der Waals surface area contributed by atoms with Crippen molar-refractivity contribution in [2.24, 2.45) is 0 Å². The molecule has 1 fully saturated rings. The van der Waals surface area contributed by atoms with Gasteiger partial charge in [0.25, 0.3) is 0 Å². The Labute approximate surface area is 165 Å². The average molecular weight is 381 g/mol. The van der Waals surface area contributed by atoms with Crippen molar-refractivity contribution < 1.29 is 14.7 Å². The van der Waals surface area contributed by atoms with E-state index in [-0.39, 0.29) is 36.4 Å². The summed E-state index contributed by atoms with van der Waals surface area (Å²) < 4.78 is 0. The molecule has 0 unspecified atom stereocenters. The van der Waals surface area contributed by atoms with Crippen LogP contribution in [0.1, 0.15) is 31.2 Å². The van der Waals surface area contributed by atoms with Crippen LogP contribution in [0.3, 0.4) is 0 Å². The number of benzene rings is 2. The first kappa shape index (κ1) is 19.9. The summed E-state index contributed by atoms with van der Waals surface area (Å²) in [4.78, 5) is 26.5. The number of carbonyl (C=O) groups is 2. The number of phenolic OH excluding ortho intramolecular Hbond substituents is 1. The lowest BCUT2D eigenvalue weighted by Gasteiger charge is -2.32.